The minimum Gasteiger partial charge on any atom is -0.348 e. The molecular weight excluding hydrogens is 160 g/mol. The number of hydrogen-bond donors (Lipinski definition) is 1. The lowest BCUT2D eigenvalue weighted by Gasteiger charge is -2.03. The highest BCUT2D eigenvalue weighted by Crippen LogP contribution is 2.05. The van der Waals surface area contributed by atoms with Crippen molar-refractivity contribution in [3.63, 3.8) is 0 Å². The molecule has 13 heavy (non-hydrogen) atoms. The van der Waals surface area contributed by atoms with Crippen molar-refractivity contribution in [1.29, 1.82) is 0 Å². The molecular formula is C11H18N2. The molecule has 0 aliphatic rings. The van der Waals surface area contributed by atoms with E-state index in [9.17, 15) is 0 Å². The van der Waals surface area contributed by atoms with Crippen LogP contribution in [0.4, 0.5) is 0 Å². The molecule has 72 valence electrons. The van der Waals surface area contributed by atoms with E-state index in [0.717, 1.165) is 13.0 Å². The molecule has 1 unspecified atom stereocenters. The fraction of sp³-hybridized carbons (Fsp3) is 0.455. The van der Waals surface area contributed by atoms with Crippen molar-refractivity contribution in [3.05, 3.63) is 30.1 Å². The Morgan fingerprint density at radius 2 is 2.38 bits per heavy atom. The molecule has 0 bridgehead atoms. The fourth-order valence-corrected chi connectivity index (χ4v) is 1.27. The summed E-state index contributed by atoms with van der Waals surface area (Å²) >= 11 is 0. The lowest BCUT2D eigenvalue weighted by Crippen LogP contribution is -2.10. The van der Waals surface area contributed by atoms with E-state index in [1.54, 1.807) is 0 Å². The summed E-state index contributed by atoms with van der Waals surface area (Å²) in [5.41, 5.74) is 6.87. The number of nitrogens with two attached hydrogens (primary N) is 1. The molecule has 0 aliphatic carbocycles. The van der Waals surface area contributed by atoms with Gasteiger partial charge in [-0.15, -0.1) is 0 Å². The van der Waals surface area contributed by atoms with Gasteiger partial charge in [-0.1, -0.05) is 13.0 Å². The number of hydrogen-bond acceptors (Lipinski definition) is 1. The van der Waals surface area contributed by atoms with E-state index >= 15 is 0 Å². The van der Waals surface area contributed by atoms with Crippen molar-refractivity contribution < 1.29 is 0 Å². The molecule has 0 amide bonds. The molecule has 1 aromatic rings. The maximum absolute atomic E-state index is 5.64. The summed E-state index contributed by atoms with van der Waals surface area (Å²) in [6, 6.07) is 4.30. The van der Waals surface area contributed by atoms with Gasteiger partial charge in [-0.25, -0.2) is 0 Å². The summed E-state index contributed by atoms with van der Waals surface area (Å²) in [5, 5.41) is 0. The van der Waals surface area contributed by atoms with Gasteiger partial charge in [0.2, 0.25) is 0 Å². The van der Waals surface area contributed by atoms with Gasteiger partial charge in [0.25, 0.3) is 0 Å². The summed E-state index contributed by atoms with van der Waals surface area (Å²) in [5.74, 6) is 0. The minimum absolute atomic E-state index is 0.130. The van der Waals surface area contributed by atoms with Crippen LogP contribution in [-0.4, -0.2) is 10.6 Å². The van der Waals surface area contributed by atoms with Gasteiger partial charge < -0.3 is 10.3 Å². The molecule has 2 nitrogen and oxygen atoms in total. The van der Waals surface area contributed by atoms with Crippen molar-refractivity contribution in [1.82, 2.24) is 4.57 Å². The molecule has 0 saturated heterocycles. The smallest absolute Gasteiger partial charge is 0.0403 e. The van der Waals surface area contributed by atoms with Gasteiger partial charge in [0, 0.05) is 24.5 Å². The van der Waals surface area contributed by atoms with Gasteiger partial charge in [-0.3, -0.25) is 0 Å². The Hall–Kier alpha value is -1.02. The van der Waals surface area contributed by atoms with Crippen LogP contribution in [0.25, 0.3) is 6.08 Å². The first-order valence-corrected chi connectivity index (χ1v) is 4.83. The zero-order valence-electron chi connectivity index (χ0n) is 8.40. The van der Waals surface area contributed by atoms with Gasteiger partial charge in [-0.05, 0) is 31.6 Å². The molecule has 1 rings (SSSR count). The molecule has 1 atom stereocenters. The Balaban J connectivity index is 2.70. The Morgan fingerprint density at radius 3 is 3.00 bits per heavy atom. The van der Waals surface area contributed by atoms with Crippen LogP contribution in [0.3, 0.4) is 0 Å². The maximum Gasteiger partial charge on any atom is 0.0403 e. The van der Waals surface area contributed by atoms with Crippen molar-refractivity contribution in [2.75, 3.05) is 0 Å². The number of rotatable bonds is 4. The first-order chi connectivity index (χ1) is 6.24. The van der Waals surface area contributed by atoms with E-state index in [1.807, 2.05) is 13.0 Å². The predicted molar refractivity (Wildman–Crippen MR) is 57.4 cm³/mol. The third kappa shape index (κ3) is 3.07. The van der Waals surface area contributed by atoms with Crippen molar-refractivity contribution in [2.24, 2.45) is 5.73 Å². The molecule has 0 aromatic carbocycles. The quantitative estimate of drug-likeness (QED) is 0.753. The Bertz CT molecular complexity index is 271. The second-order valence-corrected chi connectivity index (χ2v) is 3.34. The third-order valence-electron chi connectivity index (χ3n) is 1.90. The standard InChI is InChI=1S/C11H18N2/c1-3-8-13-9-4-5-11(13)7-6-10(2)12/h4-7,9-10H,3,8,12H2,1-2H3/b7-6+. The van der Waals surface area contributed by atoms with Gasteiger partial charge >= 0.3 is 0 Å². The summed E-state index contributed by atoms with van der Waals surface area (Å²) < 4.78 is 2.24. The first kappa shape index (κ1) is 10.1. The SMILES string of the molecule is CCCn1cccc1/C=C/C(C)N. The summed E-state index contributed by atoms with van der Waals surface area (Å²) in [6.07, 6.45) is 7.36. The number of aromatic nitrogens is 1. The minimum atomic E-state index is 0.130. The van der Waals surface area contributed by atoms with Crippen LogP contribution in [-0.2, 0) is 6.54 Å². The van der Waals surface area contributed by atoms with Crippen LogP contribution in [0.2, 0.25) is 0 Å². The highest BCUT2D eigenvalue weighted by Gasteiger charge is 1.95. The fourth-order valence-electron chi connectivity index (χ4n) is 1.27. The van der Waals surface area contributed by atoms with Crippen LogP contribution >= 0.6 is 0 Å². The van der Waals surface area contributed by atoms with Crippen LogP contribution in [0, 0.1) is 0 Å². The first-order valence-electron chi connectivity index (χ1n) is 4.83. The van der Waals surface area contributed by atoms with Crippen LogP contribution in [0.5, 0.6) is 0 Å². The molecule has 0 fully saturated rings. The Kier molecular flexibility index (Phi) is 3.77. The average Bonchev–Trinajstić information content (AvgIpc) is 2.49. The second kappa shape index (κ2) is 4.87. The van der Waals surface area contributed by atoms with E-state index < -0.39 is 0 Å². The van der Waals surface area contributed by atoms with Crippen molar-refractivity contribution in [3.8, 4) is 0 Å². The van der Waals surface area contributed by atoms with E-state index in [0.29, 0.717) is 0 Å². The van der Waals surface area contributed by atoms with Gasteiger partial charge in [-0.2, -0.15) is 0 Å². The van der Waals surface area contributed by atoms with Crippen molar-refractivity contribution in [2.45, 2.75) is 32.9 Å². The zero-order chi connectivity index (χ0) is 9.68. The summed E-state index contributed by atoms with van der Waals surface area (Å²) in [4.78, 5) is 0. The van der Waals surface area contributed by atoms with Crippen LogP contribution in [0.1, 0.15) is 26.0 Å². The molecule has 0 spiro atoms. The lowest BCUT2D eigenvalue weighted by molar-refractivity contribution is 0.678. The predicted octanol–water partition coefficient (Wildman–Crippen LogP) is 2.26. The highest BCUT2D eigenvalue weighted by atomic mass is 15.0. The zero-order valence-corrected chi connectivity index (χ0v) is 8.40. The molecule has 0 radical (unpaired) electrons. The van der Waals surface area contributed by atoms with Gasteiger partial charge in [0.05, 0.1) is 0 Å². The Morgan fingerprint density at radius 1 is 1.62 bits per heavy atom. The molecule has 0 aliphatic heterocycles. The van der Waals surface area contributed by atoms with Crippen LogP contribution < -0.4 is 5.73 Å². The van der Waals surface area contributed by atoms with E-state index in [4.69, 9.17) is 5.73 Å². The molecule has 2 N–H and O–H groups in total. The third-order valence-corrected chi connectivity index (χ3v) is 1.90. The number of aryl methyl sites for hydroxylation is 1. The summed E-state index contributed by atoms with van der Waals surface area (Å²) in [6.45, 7) is 5.23. The highest BCUT2D eigenvalue weighted by molar-refractivity contribution is 5.46. The largest absolute Gasteiger partial charge is 0.348 e. The van der Waals surface area contributed by atoms with E-state index in [1.165, 1.54) is 5.69 Å². The maximum atomic E-state index is 5.64. The lowest BCUT2D eigenvalue weighted by atomic mass is 10.3. The molecule has 1 heterocycles. The monoisotopic (exact) mass is 178 g/mol. The van der Waals surface area contributed by atoms with Crippen LogP contribution in [0.15, 0.2) is 24.4 Å². The summed E-state index contributed by atoms with van der Waals surface area (Å²) in [7, 11) is 0. The molecule has 0 saturated carbocycles. The van der Waals surface area contributed by atoms with Crippen molar-refractivity contribution >= 4 is 6.08 Å². The Labute approximate surface area is 80.1 Å². The topological polar surface area (TPSA) is 30.9 Å². The second-order valence-electron chi connectivity index (χ2n) is 3.34. The molecule has 2 heteroatoms. The molecule has 1 aromatic heterocycles. The van der Waals surface area contributed by atoms with E-state index in [2.05, 4.69) is 35.9 Å². The van der Waals surface area contributed by atoms with Gasteiger partial charge in [0.15, 0.2) is 0 Å². The van der Waals surface area contributed by atoms with Gasteiger partial charge in [0.1, 0.15) is 0 Å². The van der Waals surface area contributed by atoms with E-state index in [-0.39, 0.29) is 6.04 Å². The number of nitrogens with zero attached hydrogens (tertiary/aromatic N) is 1. The normalized spacial score (nSPS) is 13.8. The average molecular weight is 178 g/mol.